The number of nitrogens with one attached hydrogen (secondary N) is 2. The van der Waals surface area contributed by atoms with E-state index in [1.807, 2.05) is 18.5 Å². The van der Waals surface area contributed by atoms with Gasteiger partial charge in [0.05, 0.1) is 24.0 Å². The summed E-state index contributed by atoms with van der Waals surface area (Å²) in [5.41, 5.74) is 12.6. The number of rotatable bonds is 4. The van der Waals surface area contributed by atoms with E-state index in [2.05, 4.69) is 38.7 Å². The van der Waals surface area contributed by atoms with Crippen molar-refractivity contribution in [3.05, 3.63) is 47.9 Å². The minimum Gasteiger partial charge on any atom is -0.400 e. The summed E-state index contributed by atoms with van der Waals surface area (Å²) in [6.45, 7) is 2.67. The first-order chi connectivity index (χ1) is 15.2. The third-order valence-electron chi connectivity index (χ3n) is 6.78. The predicted octanol–water partition coefficient (Wildman–Crippen LogP) is 3.89. The first kappa shape index (κ1) is 19.9. The molecule has 1 saturated heterocycles. The van der Waals surface area contributed by atoms with Crippen molar-refractivity contribution >= 4 is 22.9 Å². The molecule has 1 aromatic heterocycles. The van der Waals surface area contributed by atoms with Crippen molar-refractivity contribution in [2.75, 3.05) is 29.9 Å². The highest BCUT2D eigenvalue weighted by molar-refractivity contribution is 6.22. The van der Waals surface area contributed by atoms with Crippen molar-refractivity contribution in [2.45, 2.75) is 51.0 Å². The molecule has 0 atom stereocenters. The van der Waals surface area contributed by atoms with Crippen molar-refractivity contribution in [1.82, 2.24) is 10.3 Å². The van der Waals surface area contributed by atoms with E-state index in [4.69, 9.17) is 5.73 Å². The van der Waals surface area contributed by atoms with Crippen LogP contribution in [-0.4, -0.2) is 36.6 Å². The summed E-state index contributed by atoms with van der Waals surface area (Å²) in [5, 5.41) is 6.59. The van der Waals surface area contributed by atoms with E-state index >= 15 is 0 Å². The van der Waals surface area contributed by atoms with Gasteiger partial charge in [-0.2, -0.15) is 0 Å². The second-order valence-electron chi connectivity index (χ2n) is 8.95. The zero-order chi connectivity index (χ0) is 21.2. The van der Waals surface area contributed by atoms with Crippen LogP contribution in [0.4, 0.5) is 11.4 Å². The smallest absolute Gasteiger partial charge is 0.254 e. The predicted molar refractivity (Wildman–Crippen MR) is 126 cm³/mol. The summed E-state index contributed by atoms with van der Waals surface area (Å²) in [6.07, 6.45) is 12.0. The van der Waals surface area contributed by atoms with Crippen molar-refractivity contribution in [3.8, 4) is 11.1 Å². The molecule has 0 spiro atoms. The Hall–Kier alpha value is -3.02. The second-order valence-corrected chi connectivity index (χ2v) is 8.95. The van der Waals surface area contributed by atoms with Crippen LogP contribution in [0.15, 0.2) is 42.4 Å². The topological polar surface area (TPSA) is 83.3 Å². The fourth-order valence-corrected chi connectivity index (χ4v) is 5.04. The van der Waals surface area contributed by atoms with Crippen LogP contribution in [0.25, 0.3) is 16.7 Å². The third kappa shape index (κ3) is 4.11. The number of fused-ring (bicyclic) bond motifs is 1. The third-order valence-corrected chi connectivity index (χ3v) is 6.78. The monoisotopic (exact) mass is 417 g/mol. The normalized spacial score (nSPS) is 19.2. The van der Waals surface area contributed by atoms with Gasteiger partial charge in [-0.05, 0) is 49.4 Å². The molecule has 3 heterocycles. The van der Waals surface area contributed by atoms with Gasteiger partial charge in [-0.1, -0.05) is 25.3 Å². The molecule has 1 aromatic carbocycles. The Morgan fingerprint density at radius 3 is 2.65 bits per heavy atom. The standard InChI is InChI=1S/C25H31N5O/c26-22-16-28-23-9-8-17(18-12-20(15-27-14-18)30-10-4-5-11-30)13-21(23)24(22)25(31)29-19-6-2-1-3-7-19/h8-9,12-15,19,28H,1-7,10-11,16,26H2,(H,29,31). The average molecular weight is 418 g/mol. The zero-order valence-electron chi connectivity index (χ0n) is 18.0. The van der Waals surface area contributed by atoms with Crippen molar-refractivity contribution in [3.63, 3.8) is 0 Å². The Labute approximate surface area is 183 Å². The Morgan fingerprint density at radius 1 is 1.03 bits per heavy atom. The maximum atomic E-state index is 13.2. The number of amides is 1. The molecule has 31 heavy (non-hydrogen) atoms. The summed E-state index contributed by atoms with van der Waals surface area (Å²) in [7, 11) is 0. The van der Waals surface area contributed by atoms with E-state index in [1.165, 1.54) is 32.1 Å². The number of anilines is 2. The number of pyridine rings is 1. The molecule has 2 fully saturated rings. The lowest BCUT2D eigenvalue weighted by Gasteiger charge is -2.27. The largest absolute Gasteiger partial charge is 0.400 e. The summed E-state index contributed by atoms with van der Waals surface area (Å²) < 4.78 is 0. The molecule has 0 bridgehead atoms. The first-order valence-corrected chi connectivity index (χ1v) is 11.6. The Kier molecular flexibility index (Phi) is 5.53. The summed E-state index contributed by atoms with van der Waals surface area (Å²) >= 11 is 0. The molecule has 4 N–H and O–H groups in total. The molecule has 5 rings (SSSR count). The quantitative estimate of drug-likeness (QED) is 0.703. The Balaban J connectivity index is 1.45. The molecule has 3 aliphatic rings. The van der Waals surface area contributed by atoms with Crippen LogP contribution in [0.1, 0.15) is 50.5 Å². The maximum absolute atomic E-state index is 13.2. The van der Waals surface area contributed by atoms with Gasteiger partial charge in [0.25, 0.3) is 5.91 Å². The van der Waals surface area contributed by atoms with Gasteiger partial charge in [-0.3, -0.25) is 9.78 Å². The van der Waals surface area contributed by atoms with Crippen LogP contribution in [-0.2, 0) is 4.79 Å². The van der Waals surface area contributed by atoms with Gasteiger partial charge >= 0.3 is 0 Å². The number of nitrogens with zero attached hydrogens (tertiary/aromatic N) is 2. The van der Waals surface area contributed by atoms with Gasteiger partial charge < -0.3 is 21.3 Å². The van der Waals surface area contributed by atoms with Crippen LogP contribution >= 0.6 is 0 Å². The lowest BCUT2D eigenvalue weighted by atomic mass is 9.92. The number of hydrogen-bond acceptors (Lipinski definition) is 5. The number of hydrogen-bond donors (Lipinski definition) is 3. The zero-order valence-corrected chi connectivity index (χ0v) is 18.0. The van der Waals surface area contributed by atoms with Gasteiger partial charge in [-0.15, -0.1) is 0 Å². The number of aromatic nitrogens is 1. The van der Waals surface area contributed by atoms with Crippen LogP contribution in [0.3, 0.4) is 0 Å². The molecule has 1 saturated carbocycles. The maximum Gasteiger partial charge on any atom is 0.254 e. The minimum atomic E-state index is -0.0479. The lowest BCUT2D eigenvalue weighted by molar-refractivity contribution is -0.116. The molecule has 162 valence electrons. The van der Waals surface area contributed by atoms with Crippen molar-refractivity contribution in [2.24, 2.45) is 5.73 Å². The highest BCUT2D eigenvalue weighted by atomic mass is 16.1. The van der Waals surface area contributed by atoms with E-state index in [0.717, 1.165) is 54.0 Å². The van der Waals surface area contributed by atoms with E-state index < -0.39 is 0 Å². The molecule has 1 aliphatic carbocycles. The fourth-order valence-electron chi connectivity index (χ4n) is 5.04. The van der Waals surface area contributed by atoms with Crippen LogP contribution in [0, 0.1) is 0 Å². The van der Waals surface area contributed by atoms with Crippen LogP contribution in [0.2, 0.25) is 0 Å². The molecule has 2 aliphatic heterocycles. The minimum absolute atomic E-state index is 0.0479. The molecule has 1 amide bonds. The van der Waals surface area contributed by atoms with Crippen molar-refractivity contribution < 1.29 is 4.79 Å². The SMILES string of the molecule is NC1=C(C(=O)NC2CCCCC2)c2cc(-c3cncc(N4CCCC4)c3)ccc2NC1. The van der Waals surface area contributed by atoms with Crippen molar-refractivity contribution in [1.29, 1.82) is 0 Å². The number of carbonyl (C=O) groups is 1. The molecular formula is C25H31N5O. The Morgan fingerprint density at radius 2 is 1.84 bits per heavy atom. The van der Waals surface area contributed by atoms with Gasteiger partial charge in [0.1, 0.15) is 0 Å². The van der Waals surface area contributed by atoms with E-state index in [0.29, 0.717) is 17.8 Å². The highest BCUT2D eigenvalue weighted by Gasteiger charge is 2.26. The first-order valence-electron chi connectivity index (χ1n) is 11.6. The Bertz CT molecular complexity index is 1000. The van der Waals surface area contributed by atoms with Gasteiger partial charge in [0.2, 0.25) is 0 Å². The lowest BCUT2D eigenvalue weighted by Crippen LogP contribution is -2.38. The van der Waals surface area contributed by atoms with E-state index in [-0.39, 0.29) is 11.9 Å². The number of carbonyl (C=O) groups excluding carboxylic acids is 1. The molecule has 6 nitrogen and oxygen atoms in total. The summed E-state index contributed by atoms with van der Waals surface area (Å²) in [6, 6.07) is 8.67. The van der Waals surface area contributed by atoms with Crippen LogP contribution in [0.5, 0.6) is 0 Å². The van der Waals surface area contributed by atoms with E-state index in [1.54, 1.807) is 0 Å². The summed E-state index contributed by atoms with van der Waals surface area (Å²) in [5.74, 6) is -0.0479. The second kappa shape index (κ2) is 8.61. The fraction of sp³-hybridized carbons (Fsp3) is 0.440. The van der Waals surface area contributed by atoms with Crippen LogP contribution < -0.4 is 21.3 Å². The van der Waals surface area contributed by atoms with E-state index in [9.17, 15) is 4.79 Å². The van der Waals surface area contributed by atoms with Gasteiger partial charge in [-0.25, -0.2) is 0 Å². The van der Waals surface area contributed by atoms with Gasteiger partial charge in [0, 0.05) is 47.8 Å². The highest BCUT2D eigenvalue weighted by Crippen LogP contribution is 2.35. The molecule has 6 heteroatoms. The number of benzene rings is 1. The summed E-state index contributed by atoms with van der Waals surface area (Å²) in [4.78, 5) is 20.1. The number of nitrogens with two attached hydrogens (primary N) is 1. The molecule has 2 aromatic rings. The average Bonchev–Trinajstić information content (AvgIpc) is 3.34. The molecular weight excluding hydrogens is 386 g/mol. The molecule has 0 radical (unpaired) electrons. The van der Waals surface area contributed by atoms with Gasteiger partial charge in [0.15, 0.2) is 0 Å². The molecule has 0 unspecified atom stereocenters.